The maximum Gasteiger partial charge on any atom is 0.248 e. The van der Waals surface area contributed by atoms with E-state index in [-0.39, 0.29) is 12.8 Å². The van der Waals surface area contributed by atoms with Crippen molar-refractivity contribution in [3.63, 3.8) is 0 Å². The zero-order chi connectivity index (χ0) is 13.6. The van der Waals surface area contributed by atoms with Crippen molar-refractivity contribution in [2.45, 2.75) is 56.1 Å². The molecule has 0 aromatic rings. The summed E-state index contributed by atoms with van der Waals surface area (Å²) in [4.78, 5) is 11.8. The molecule has 1 N–H and O–H groups in total. The molecule has 18 heavy (non-hydrogen) atoms. The molecule has 2 fully saturated rings. The van der Waals surface area contributed by atoms with Crippen molar-refractivity contribution in [1.29, 1.82) is 0 Å². The lowest BCUT2D eigenvalue weighted by molar-refractivity contribution is -0.130. The van der Waals surface area contributed by atoms with E-state index < -0.39 is 38.9 Å². The van der Waals surface area contributed by atoms with Crippen LogP contribution in [-0.4, -0.2) is 25.0 Å². The minimum atomic E-state index is -3.72. The van der Waals surface area contributed by atoms with E-state index in [0.29, 0.717) is 19.3 Å². The summed E-state index contributed by atoms with van der Waals surface area (Å²) in [6.45, 7) is 1.55. The number of alkyl halides is 2. The smallest absolute Gasteiger partial charge is 0.248 e. The number of amides is 1. The number of rotatable bonds is 3. The molecule has 0 heterocycles. The number of carbonyl (C=O) groups is 1. The number of sulfonamides is 1. The second-order valence-corrected chi connectivity index (χ2v) is 7.77. The highest BCUT2D eigenvalue weighted by Crippen LogP contribution is 2.43. The lowest BCUT2D eigenvalue weighted by Crippen LogP contribution is -2.43. The second kappa shape index (κ2) is 4.15. The second-order valence-electron chi connectivity index (χ2n) is 5.57. The van der Waals surface area contributed by atoms with Crippen molar-refractivity contribution in [2.24, 2.45) is 5.92 Å². The van der Waals surface area contributed by atoms with Gasteiger partial charge in [-0.3, -0.25) is 9.52 Å². The molecule has 0 spiro atoms. The van der Waals surface area contributed by atoms with Crippen LogP contribution >= 0.6 is 0 Å². The first kappa shape index (κ1) is 13.7. The Morgan fingerprint density at radius 3 is 2.39 bits per heavy atom. The number of hydrogen-bond acceptors (Lipinski definition) is 3. The Bertz CT molecular complexity index is 457. The molecule has 2 rings (SSSR count). The number of hydrogen-bond donors (Lipinski definition) is 1. The highest BCUT2D eigenvalue weighted by Gasteiger charge is 2.51. The van der Waals surface area contributed by atoms with Gasteiger partial charge in [0.15, 0.2) is 0 Å². The van der Waals surface area contributed by atoms with E-state index in [4.69, 9.17) is 0 Å². The molecule has 104 valence electrons. The number of carbonyl (C=O) groups excluding carboxylic acids is 1. The van der Waals surface area contributed by atoms with Crippen molar-refractivity contribution < 1.29 is 22.0 Å². The van der Waals surface area contributed by atoms with E-state index in [1.807, 2.05) is 4.72 Å². The van der Waals surface area contributed by atoms with Crippen molar-refractivity contribution in [1.82, 2.24) is 4.72 Å². The average Bonchev–Trinajstić information content (AvgIpc) is 2.96. The van der Waals surface area contributed by atoms with E-state index >= 15 is 0 Å². The highest BCUT2D eigenvalue weighted by atomic mass is 32.2. The van der Waals surface area contributed by atoms with E-state index in [9.17, 15) is 22.0 Å². The van der Waals surface area contributed by atoms with E-state index in [1.165, 1.54) is 0 Å². The zero-order valence-corrected chi connectivity index (χ0v) is 11.0. The van der Waals surface area contributed by atoms with E-state index in [2.05, 4.69) is 0 Å². The molecule has 0 saturated heterocycles. The van der Waals surface area contributed by atoms with Crippen LogP contribution in [0.3, 0.4) is 0 Å². The summed E-state index contributed by atoms with van der Waals surface area (Å²) in [5.41, 5.74) is 0. The Balaban J connectivity index is 2.00. The van der Waals surface area contributed by atoms with Gasteiger partial charge in [-0.1, -0.05) is 0 Å². The first-order chi connectivity index (χ1) is 8.15. The average molecular weight is 281 g/mol. The Labute approximate surface area is 105 Å². The summed E-state index contributed by atoms with van der Waals surface area (Å²) in [7, 11) is -3.72. The summed E-state index contributed by atoms with van der Waals surface area (Å²) in [5, 5.41) is 0. The lowest BCUT2D eigenvalue weighted by atomic mass is 9.86. The fraction of sp³-hybridized carbons (Fsp3) is 0.909. The van der Waals surface area contributed by atoms with Gasteiger partial charge in [0.05, 0.1) is 4.75 Å². The molecule has 1 amide bonds. The molecular formula is C11H17F2NO3S. The minimum absolute atomic E-state index is 0.221. The largest absolute Gasteiger partial charge is 0.274 e. The molecule has 1 atom stereocenters. The van der Waals surface area contributed by atoms with Crippen LogP contribution < -0.4 is 4.72 Å². The molecule has 2 aliphatic rings. The monoisotopic (exact) mass is 281 g/mol. The molecule has 2 saturated carbocycles. The lowest BCUT2D eigenvalue weighted by Gasteiger charge is -2.28. The third-order valence-corrected chi connectivity index (χ3v) is 6.02. The number of nitrogens with one attached hydrogen (secondary N) is 1. The molecule has 0 aromatic carbocycles. The molecule has 1 unspecified atom stereocenters. The molecule has 0 aliphatic heterocycles. The SMILES string of the molecule is CC1(S(=O)(=O)NC(=O)C2CCCC(F)(F)C2)CC1. The molecule has 4 nitrogen and oxygen atoms in total. The van der Waals surface area contributed by atoms with Crippen molar-refractivity contribution in [2.75, 3.05) is 0 Å². The van der Waals surface area contributed by atoms with Gasteiger partial charge in [0, 0.05) is 18.8 Å². The quantitative estimate of drug-likeness (QED) is 0.858. The number of halogens is 2. The van der Waals surface area contributed by atoms with Crippen LogP contribution in [0.15, 0.2) is 0 Å². The fourth-order valence-corrected chi connectivity index (χ4v) is 3.50. The van der Waals surface area contributed by atoms with Gasteiger partial charge >= 0.3 is 0 Å². The van der Waals surface area contributed by atoms with Gasteiger partial charge in [-0.05, 0) is 32.6 Å². The van der Waals surface area contributed by atoms with Gasteiger partial charge in [0.2, 0.25) is 21.9 Å². The maximum atomic E-state index is 13.2. The van der Waals surface area contributed by atoms with Crippen LogP contribution in [0, 0.1) is 5.92 Å². The van der Waals surface area contributed by atoms with E-state index in [1.54, 1.807) is 6.92 Å². The van der Waals surface area contributed by atoms with Crippen molar-refractivity contribution in [3.05, 3.63) is 0 Å². The van der Waals surface area contributed by atoms with Crippen LogP contribution in [0.4, 0.5) is 8.78 Å². The van der Waals surface area contributed by atoms with Crippen molar-refractivity contribution >= 4 is 15.9 Å². The molecule has 0 radical (unpaired) electrons. The predicted octanol–water partition coefficient (Wildman–Crippen LogP) is 1.81. The van der Waals surface area contributed by atoms with Gasteiger partial charge < -0.3 is 0 Å². The predicted molar refractivity (Wildman–Crippen MR) is 61.6 cm³/mol. The van der Waals surface area contributed by atoms with Crippen LogP contribution in [-0.2, 0) is 14.8 Å². The Kier molecular flexibility index (Phi) is 3.16. The first-order valence-electron chi connectivity index (χ1n) is 6.09. The van der Waals surface area contributed by atoms with Gasteiger partial charge in [-0.2, -0.15) is 0 Å². The highest BCUT2D eigenvalue weighted by molar-refractivity contribution is 7.91. The topological polar surface area (TPSA) is 63.2 Å². The third kappa shape index (κ3) is 2.65. The van der Waals surface area contributed by atoms with Gasteiger partial charge in [0.25, 0.3) is 0 Å². The molecule has 0 bridgehead atoms. The zero-order valence-electron chi connectivity index (χ0n) is 10.2. The standard InChI is InChI=1S/C11H17F2NO3S/c1-10(5-6-10)18(16,17)14-9(15)8-3-2-4-11(12,13)7-8/h8H,2-7H2,1H3,(H,14,15). The normalized spacial score (nSPS) is 29.6. The maximum absolute atomic E-state index is 13.2. The van der Waals surface area contributed by atoms with Crippen LogP contribution in [0.5, 0.6) is 0 Å². The minimum Gasteiger partial charge on any atom is -0.274 e. The summed E-state index contributed by atoms with van der Waals surface area (Å²) >= 11 is 0. The summed E-state index contributed by atoms with van der Waals surface area (Å²) in [6, 6.07) is 0. The molecule has 2 aliphatic carbocycles. The molecule has 7 heteroatoms. The van der Waals surface area contributed by atoms with Crippen LogP contribution in [0.25, 0.3) is 0 Å². The van der Waals surface area contributed by atoms with Crippen LogP contribution in [0.2, 0.25) is 0 Å². The van der Waals surface area contributed by atoms with Crippen molar-refractivity contribution in [3.8, 4) is 0 Å². The summed E-state index contributed by atoms with van der Waals surface area (Å²) in [6.07, 6.45) is 0.829. The Morgan fingerprint density at radius 1 is 1.28 bits per heavy atom. The summed E-state index contributed by atoms with van der Waals surface area (Å²) in [5.74, 6) is -4.53. The van der Waals surface area contributed by atoms with E-state index in [0.717, 1.165) is 0 Å². The third-order valence-electron chi connectivity index (χ3n) is 3.85. The molecular weight excluding hydrogens is 264 g/mol. The first-order valence-corrected chi connectivity index (χ1v) is 7.58. The van der Waals surface area contributed by atoms with Gasteiger partial charge in [-0.25, -0.2) is 17.2 Å². The fourth-order valence-electron chi connectivity index (χ4n) is 2.18. The Hall–Kier alpha value is -0.720. The Morgan fingerprint density at radius 2 is 1.89 bits per heavy atom. The molecule has 0 aromatic heterocycles. The van der Waals surface area contributed by atoms with Gasteiger partial charge in [0.1, 0.15) is 0 Å². The van der Waals surface area contributed by atoms with Gasteiger partial charge in [-0.15, -0.1) is 0 Å². The summed E-state index contributed by atoms with van der Waals surface area (Å²) < 4.78 is 51.0. The van der Waals surface area contributed by atoms with Crippen LogP contribution in [0.1, 0.15) is 45.4 Å².